The topological polar surface area (TPSA) is 41.4 Å². The summed E-state index contributed by atoms with van der Waals surface area (Å²) in [5.74, 6) is 0.229. The lowest BCUT2D eigenvalue weighted by atomic mass is 9.83. The highest BCUT2D eigenvalue weighted by molar-refractivity contribution is 6.27. The largest absolute Gasteiger partial charge is 0.310 e. The van der Waals surface area contributed by atoms with Crippen molar-refractivity contribution in [3.05, 3.63) is 181 Å². The fourth-order valence-electron chi connectivity index (χ4n) is 7.99. The van der Waals surface area contributed by atoms with Gasteiger partial charge < -0.3 is 4.90 Å². The number of aliphatic imine (C=N–C) groups is 1. The van der Waals surface area contributed by atoms with Crippen LogP contribution < -0.4 is 4.90 Å². The molecule has 2 aromatic heterocycles. The van der Waals surface area contributed by atoms with Crippen molar-refractivity contribution in [1.82, 2.24) is 9.97 Å². The average molecular weight is 653 g/mol. The second-order valence-corrected chi connectivity index (χ2v) is 13.1. The summed E-state index contributed by atoms with van der Waals surface area (Å²) >= 11 is 0. The molecule has 0 saturated heterocycles. The van der Waals surface area contributed by atoms with Gasteiger partial charge >= 0.3 is 0 Å². The Bertz CT molecular complexity index is 2660. The van der Waals surface area contributed by atoms with E-state index in [1.54, 1.807) is 0 Å². The zero-order valence-electron chi connectivity index (χ0n) is 27.8. The summed E-state index contributed by atoms with van der Waals surface area (Å²) in [6.45, 7) is 0. The molecule has 0 fully saturated rings. The van der Waals surface area contributed by atoms with Gasteiger partial charge in [0.1, 0.15) is 6.04 Å². The molecule has 0 amide bonds. The van der Waals surface area contributed by atoms with Crippen LogP contribution in [0.5, 0.6) is 0 Å². The lowest BCUT2D eigenvalue weighted by Crippen LogP contribution is -2.16. The molecule has 2 atom stereocenters. The fourth-order valence-corrected chi connectivity index (χ4v) is 7.99. The number of para-hydroxylation sites is 2. The normalized spacial score (nSPS) is 16.0. The third-order valence-corrected chi connectivity index (χ3v) is 10.2. The van der Waals surface area contributed by atoms with Crippen molar-refractivity contribution >= 4 is 61.8 Å². The number of benzene rings is 6. The second-order valence-electron chi connectivity index (χ2n) is 13.1. The van der Waals surface area contributed by atoms with Crippen molar-refractivity contribution < 1.29 is 0 Å². The van der Waals surface area contributed by atoms with Crippen molar-refractivity contribution in [2.24, 2.45) is 10.9 Å². The zero-order chi connectivity index (χ0) is 33.7. The van der Waals surface area contributed by atoms with Gasteiger partial charge in [0.25, 0.3) is 0 Å². The maximum absolute atomic E-state index is 5.42. The maximum Gasteiger partial charge on any atom is 0.102 e. The summed E-state index contributed by atoms with van der Waals surface area (Å²) in [6, 6.07) is 51.7. The van der Waals surface area contributed by atoms with E-state index in [0.29, 0.717) is 0 Å². The summed E-state index contributed by atoms with van der Waals surface area (Å²) < 4.78 is 0. The minimum absolute atomic E-state index is 0.00119. The number of hydrogen-bond acceptors (Lipinski definition) is 4. The van der Waals surface area contributed by atoms with E-state index in [9.17, 15) is 0 Å². The molecule has 240 valence electrons. The Kier molecular flexibility index (Phi) is 6.91. The molecule has 0 spiro atoms. The van der Waals surface area contributed by atoms with Crippen molar-refractivity contribution in [3.8, 4) is 22.4 Å². The minimum atomic E-state index is -0.00119. The Morgan fingerprint density at radius 3 is 2.06 bits per heavy atom. The first kappa shape index (κ1) is 29.3. The number of pyridine rings is 2. The molecule has 3 heterocycles. The number of allylic oxidation sites excluding steroid dienone is 1. The van der Waals surface area contributed by atoms with Crippen molar-refractivity contribution in [2.75, 3.05) is 4.90 Å². The molecule has 0 saturated carbocycles. The van der Waals surface area contributed by atoms with Gasteiger partial charge in [0.2, 0.25) is 0 Å². The number of fused-ring (bicyclic) bond motifs is 8. The van der Waals surface area contributed by atoms with Gasteiger partial charge in [-0.25, -0.2) is 4.98 Å². The van der Waals surface area contributed by atoms with Crippen molar-refractivity contribution in [2.45, 2.75) is 6.04 Å². The smallest absolute Gasteiger partial charge is 0.102 e. The van der Waals surface area contributed by atoms with Crippen LogP contribution in [0.3, 0.4) is 0 Å². The molecular weight excluding hydrogens is 621 g/mol. The van der Waals surface area contributed by atoms with E-state index in [-0.39, 0.29) is 12.0 Å². The zero-order valence-corrected chi connectivity index (χ0v) is 27.8. The first-order chi connectivity index (χ1) is 25.3. The Balaban J connectivity index is 1.31. The molecule has 4 nitrogen and oxygen atoms in total. The van der Waals surface area contributed by atoms with Gasteiger partial charge in [0.05, 0.1) is 22.6 Å². The van der Waals surface area contributed by atoms with Crippen molar-refractivity contribution in [1.29, 1.82) is 0 Å². The highest BCUT2D eigenvalue weighted by Gasteiger charge is 2.28. The molecule has 1 aliphatic heterocycles. The van der Waals surface area contributed by atoms with Crippen LogP contribution in [0.2, 0.25) is 0 Å². The van der Waals surface area contributed by atoms with E-state index >= 15 is 0 Å². The number of nitrogens with zero attached hydrogens (tertiary/aromatic N) is 4. The van der Waals surface area contributed by atoms with Crippen LogP contribution in [-0.4, -0.2) is 16.2 Å². The highest BCUT2D eigenvalue weighted by Crippen LogP contribution is 2.47. The number of aromatic nitrogens is 2. The molecule has 6 aromatic carbocycles. The van der Waals surface area contributed by atoms with E-state index in [2.05, 4.69) is 169 Å². The molecule has 51 heavy (non-hydrogen) atoms. The van der Waals surface area contributed by atoms with E-state index in [1.165, 1.54) is 27.3 Å². The SMILES string of the molecule is C1=CC2C=Cc3c(-c4cccc5c4ccc4c(-c6ccccc6)nc6cccc(N(c7ccccc7)c7ccccc7)c6c45)ccnc3C2N=C1. The molecule has 2 aliphatic rings. The van der Waals surface area contributed by atoms with Gasteiger partial charge in [-0.3, -0.25) is 9.98 Å². The highest BCUT2D eigenvalue weighted by atomic mass is 15.1. The van der Waals surface area contributed by atoms with Crippen LogP contribution in [0.1, 0.15) is 17.3 Å². The van der Waals surface area contributed by atoms with Gasteiger partial charge in [-0.05, 0) is 70.4 Å². The van der Waals surface area contributed by atoms with Gasteiger partial charge in [0, 0.05) is 57.0 Å². The van der Waals surface area contributed by atoms with Crippen LogP contribution in [0, 0.1) is 5.92 Å². The number of rotatable bonds is 5. The summed E-state index contributed by atoms with van der Waals surface area (Å²) in [4.78, 5) is 17.5. The van der Waals surface area contributed by atoms with Crippen LogP contribution in [-0.2, 0) is 0 Å². The van der Waals surface area contributed by atoms with E-state index in [0.717, 1.165) is 55.9 Å². The molecule has 0 radical (unpaired) electrons. The summed E-state index contributed by atoms with van der Waals surface area (Å²) in [5.41, 5.74) is 10.8. The van der Waals surface area contributed by atoms with Gasteiger partial charge in [-0.1, -0.05) is 121 Å². The van der Waals surface area contributed by atoms with Gasteiger partial charge in [0.15, 0.2) is 0 Å². The number of anilines is 3. The maximum atomic E-state index is 5.42. The van der Waals surface area contributed by atoms with Crippen LogP contribution in [0.4, 0.5) is 17.1 Å². The lowest BCUT2D eigenvalue weighted by Gasteiger charge is -2.28. The van der Waals surface area contributed by atoms with E-state index in [4.69, 9.17) is 15.0 Å². The van der Waals surface area contributed by atoms with E-state index in [1.807, 2.05) is 18.5 Å². The molecule has 1 aliphatic carbocycles. The molecule has 0 bridgehead atoms. The number of hydrogen-bond donors (Lipinski definition) is 0. The quantitative estimate of drug-likeness (QED) is 0.174. The number of dihydropyridines is 1. The predicted molar refractivity (Wildman–Crippen MR) is 213 cm³/mol. The molecule has 10 rings (SSSR count). The Morgan fingerprint density at radius 1 is 0.549 bits per heavy atom. The summed E-state index contributed by atoms with van der Waals surface area (Å²) in [7, 11) is 0. The fraction of sp³-hybridized carbons (Fsp3) is 0.0426. The van der Waals surface area contributed by atoms with Crippen LogP contribution in [0.15, 0.2) is 175 Å². The first-order valence-electron chi connectivity index (χ1n) is 17.4. The molecule has 2 unspecified atom stereocenters. The Hall–Kier alpha value is -6.65. The van der Waals surface area contributed by atoms with Gasteiger partial charge in [-0.2, -0.15) is 0 Å². The molecule has 8 aromatic rings. The van der Waals surface area contributed by atoms with Gasteiger partial charge in [-0.15, -0.1) is 0 Å². The predicted octanol–water partition coefficient (Wildman–Crippen LogP) is 12.1. The third-order valence-electron chi connectivity index (χ3n) is 10.2. The second kappa shape index (κ2) is 12.0. The molecule has 4 heteroatoms. The average Bonchev–Trinajstić information content (AvgIpc) is 3.21. The van der Waals surface area contributed by atoms with Crippen LogP contribution in [0.25, 0.3) is 60.9 Å². The summed E-state index contributed by atoms with van der Waals surface area (Å²) in [5, 5.41) is 5.80. The minimum Gasteiger partial charge on any atom is -0.310 e. The molecule has 0 N–H and O–H groups in total. The standard InChI is InChI=1S/C47H32N4/c1-4-13-31(14-5-1)45-40-27-26-36-35(37-28-30-49-47-39(37)25-24-32-15-12-29-48-46(32)47)20-10-21-38(36)43(40)44-41(50-45)22-11-23-42(44)51(33-16-6-2-7-17-33)34-18-8-3-9-19-34/h1-30,32,46H. The Labute approximate surface area is 296 Å². The third kappa shape index (κ3) is 4.79. The van der Waals surface area contributed by atoms with Crippen LogP contribution >= 0.6 is 0 Å². The first-order valence-corrected chi connectivity index (χ1v) is 17.4. The Morgan fingerprint density at radius 2 is 1.27 bits per heavy atom. The monoisotopic (exact) mass is 652 g/mol. The summed E-state index contributed by atoms with van der Waals surface area (Å²) in [6.07, 6.45) is 12.6. The van der Waals surface area contributed by atoms with E-state index < -0.39 is 0 Å². The lowest BCUT2D eigenvalue weighted by molar-refractivity contribution is 0.594. The van der Waals surface area contributed by atoms with Crippen molar-refractivity contribution in [3.63, 3.8) is 0 Å². The molecular formula is C47H32N4.